The number of hydrogen-bond donors (Lipinski definition) is 1. The molecule has 1 fully saturated rings. The highest BCUT2D eigenvalue weighted by atomic mass is 32.2. The van der Waals surface area contributed by atoms with Crippen LogP contribution in [0.3, 0.4) is 0 Å². The standard InChI is InChI=1S/C24H26N2O2S2/c1-16-6-5-7-19(14-16)25-21(27)12-13-26-22(28)20(30-23(26)29)15-17-8-10-18(11-9-17)24(2,3)4/h5-11,14-15H,12-13H2,1-4H3,(H,25,27)/b20-15-. The van der Waals surface area contributed by atoms with Gasteiger partial charge in [-0.25, -0.2) is 0 Å². The van der Waals surface area contributed by atoms with E-state index in [1.165, 1.54) is 22.2 Å². The molecule has 3 rings (SSSR count). The van der Waals surface area contributed by atoms with Crippen LogP contribution in [0.5, 0.6) is 0 Å². The average Bonchev–Trinajstić information content (AvgIpc) is 2.93. The predicted molar refractivity (Wildman–Crippen MR) is 129 cm³/mol. The molecule has 30 heavy (non-hydrogen) atoms. The first-order valence-electron chi connectivity index (χ1n) is 9.86. The molecular weight excluding hydrogens is 412 g/mol. The maximum atomic E-state index is 12.8. The van der Waals surface area contributed by atoms with Gasteiger partial charge in [0.25, 0.3) is 5.91 Å². The highest BCUT2D eigenvalue weighted by Crippen LogP contribution is 2.33. The molecule has 2 aromatic rings. The first-order valence-corrected chi connectivity index (χ1v) is 11.1. The number of anilines is 1. The molecule has 0 aliphatic carbocycles. The smallest absolute Gasteiger partial charge is 0.266 e. The van der Waals surface area contributed by atoms with Gasteiger partial charge < -0.3 is 5.32 Å². The van der Waals surface area contributed by atoms with E-state index in [1.807, 2.05) is 49.4 Å². The molecular formula is C24H26N2O2S2. The average molecular weight is 439 g/mol. The van der Waals surface area contributed by atoms with Crippen molar-refractivity contribution in [3.63, 3.8) is 0 Å². The molecule has 0 unspecified atom stereocenters. The van der Waals surface area contributed by atoms with Gasteiger partial charge in [-0.2, -0.15) is 0 Å². The molecule has 2 amide bonds. The Morgan fingerprint density at radius 1 is 1.17 bits per heavy atom. The summed E-state index contributed by atoms with van der Waals surface area (Å²) in [4.78, 5) is 27.1. The minimum Gasteiger partial charge on any atom is -0.326 e. The SMILES string of the molecule is Cc1cccc(NC(=O)CCN2C(=O)/C(=C/c3ccc(C(C)(C)C)cc3)SC2=S)c1. The van der Waals surface area contributed by atoms with E-state index in [9.17, 15) is 9.59 Å². The Morgan fingerprint density at radius 2 is 1.87 bits per heavy atom. The van der Waals surface area contributed by atoms with Crippen LogP contribution in [0.1, 0.15) is 43.9 Å². The van der Waals surface area contributed by atoms with Gasteiger partial charge in [-0.15, -0.1) is 0 Å². The lowest BCUT2D eigenvalue weighted by Crippen LogP contribution is -2.31. The van der Waals surface area contributed by atoms with Crippen molar-refractivity contribution in [1.29, 1.82) is 0 Å². The topological polar surface area (TPSA) is 49.4 Å². The molecule has 1 aliphatic heterocycles. The van der Waals surface area contributed by atoms with Gasteiger partial charge >= 0.3 is 0 Å². The Kier molecular flexibility index (Phi) is 6.78. The molecule has 1 saturated heterocycles. The normalized spacial score (nSPS) is 15.7. The van der Waals surface area contributed by atoms with Crippen molar-refractivity contribution in [3.05, 3.63) is 70.1 Å². The third-order valence-electron chi connectivity index (χ3n) is 4.81. The zero-order valence-electron chi connectivity index (χ0n) is 17.7. The van der Waals surface area contributed by atoms with Crippen LogP contribution in [0.4, 0.5) is 5.69 Å². The summed E-state index contributed by atoms with van der Waals surface area (Å²) in [6, 6.07) is 15.8. The molecule has 1 aliphatic rings. The Morgan fingerprint density at radius 3 is 2.50 bits per heavy atom. The van der Waals surface area contributed by atoms with Gasteiger partial charge in [-0.05, 0) is 47.2 Å². The van der Waals surface area contributed by atoms with E-state index in [-0.39, 0.29) is 30.2 Å². The minimum absolute atomic E-state index is 0.0843. The van der Waals surface area contributed by atoms with E-state index in [4.69, 9.17) is 12.2 Å². The summed E-state index contributed by atoms with van der Waals surface area (Å²) >= 11 is 6.66. The second kappa shape index (κ2) is 9.14. The molecule has 1 heterocycles. The molecule has 0 spiro atoms. The number of hydrogen-bond acceptors (Lipinski definition) is 4. The van der Waals surface area contributed by atoms with Crippen LogP contribution in [-0.4, -0.2) is 27.6 Å². The maximum Gasteiger partial charge on any atom is 0.266 e. The Balaban J connectivity index is 1.61. The fourth-order valence-electron chi connectivity index (χ4n) is 3.08. The van der Waals surface area contributed by atoms with Crippen LogP contribution in [0.2, 0.25) is 0 Å². The van der Waals surface area contributed by atoms with Crippen molar-refractivity contribution in [3.8, 4) is 0 Å². The third kappa shape index (κ3) is 5.58. The lowest BCUT2D eigenvalue weighted by Gasteiger charge is -2.18. The van der Waals surface area contributed by atoms with Gasteiger partial charge in [0, 0.05) is 18.7 Å². The fraction of sp³-hybridized carbons (Fsp3) is 0.292. The fourth-order valence-corrected chi connectivity index (χ4v) is 4.39. The zero-order chi connectivity index (χ0) is 21.9. The molecule has 2 aromatic carbocycles. The number of carbonyl (C=O) groups excluding carboxylic acids is 2. The lowest BCUT2D eigenvalue weighted by molar-refractivity contribution is -0.122. The van der Waals surface area contributed by atoms with Crippen LogP contribution in [-0.2, 0) is 15.0 Å². The van der Waals surface area contributed by atoms with E-state index in [1.54, 1.807) is 0 Å². The molecule has 0 aromatic heterocycles. The summed E-state index contributed by atoms with van der Waals surface area (Å²) in [7, 11) is 0. The van der Waals surface area contributed by atoms with Crippen LogP contribution >= 0.6 is 24.0 Å². The number of amides is 2. The molecule has 0 bridgehead atoms. The van der Waals surface area contributed by atoms with E-state index in [2.05, 4.69) is 38.2 Å². The van der Waals surface area contributed by atoms with Gasteiger partial charge in [0.1, 0.15) is 4.32 Å². The summed E-state index contributed by atoms with van der Waals surface area (Å²) in [5.74, 6) is -0.287. The Bertz CT molecular complexity index is 1000. The van der Waals surface area contributed by atoms with Gasteiger partial charge in [-0.1, -0.05) is 81.1 Å². The van der Waals surface area contributed by atoms with Crippen molar-refractivity contribution in [2.45, 2.75) is 39.5 Å². The largest absolute Gasteiger partial charge is 0.326 e. The number of nitrogens with zero attached hydrogens (tertiary/aromatic N) is 1. The van der Waals surface area contributed by atoms with Gasteiger partial charge in [0.15, 0.2) is 0 Å². The van der Waals surface area contributed by atoms with Crippen molar-refractivity contribution in [1.82, 2.24) is 4.90 Å². The van der Waals surface area contributed by atoms with E-state index >= 15 is 0 Å². The zero-order valence-corrected chi connectivity index (χ0v) is 19.3. The summed E-state index contributed by atoms with van der Waals surface area (Å²) in [5, 5.41) is 2.86. The number of thiocarbonyl (C=S) groups is 1. The molecule has 0 radical (unpaired) electrons. The van der Waals surface area contributed by atoms with Crippen molar-refractivity contribution >= 4 is 51.9 Å². The number of nitrogens with one attached hydrogen (secondary N) is 1. The van der Waals surface area contributed by atoms with Crippen molar-refractivity contribution in [2.75, 3.05) is 11.9 Å². The van der Waals surface area contributed by atoms with Crippen LogP contribution < -0.4 is 5.32 Å². The van der Waals surface area contributed by atoms with Gasteiger partial charge in [-0.3, -0.25) is 14.5 Å². The van der Waals surface area contributed by atoms with Gasteiger partial charge in [0.2, 0.25) is 5.91 Å². The highest BCUT2D eigenvalue weighted by Gasteiger charge is 2.32. The second-order valence-corrected chi connectivity index (χ2v) is 10.0. The summed E-state index contributed by atoms with van der Waals surface area (Å²) in [6.07, 6.45) is 2.05. The summed E-state index contributed by atoms with van der Waals surface area (Å²) in [6.45, 7) is 8.74. The first kappa shape index (κ1) is 22.2. The molecule has 1 N–H and O–H groups in total. The van der Waals surface area contributed by atoms with Crippen LogP contribution in [0.25, 0.3) is 6.08 Å². The van der Waals surface area contributed by atoms with Crippen LogP contribution in [0.15, 0.2) is 53.4 Å². The molecule has 0 atom stereocenters. The number of benzene rings is 2. The molecule has 0 saturated carbocycles. The lowest BCUT2D eigenvalue weighted by atomic mass is 9.87. The maximum absolute atomic E-state index is 12.8. The second-order valence-electron chi connectivity index (χ2n) is 8.37. The number of thioether (sulfide) groups is 1. The molecule has 6 heteroatoms. The number of carbonyl (C=O) groups is 2. The monoisotopic (exact) mass is 438 g/mol. The highest BCUT2D eigenvalue weighted by molar-refractivity contribution is 8.26. The Labute approximate surface area is 187 Å². The summed E-state index contributed by atoms with van der Waals surface area (Å²) < 4.78 is 0.487. The summed E-state index contributed by atoms with van der Waals surface area (Å²) in [5.41, 5.74) is 4.11. The third-order valence-corrected chi connectivity index (χ3v) is 6.19. The number of rotatable bonds is 5. The van der Waals surface area contributed by atoms with Crippen molar-refractivity contribution in [2.24, 2.45) is 0 Å². The quantitative estimate of drug-likeness (QED) is 0.493. The minimum atomic E-state index is -0.145. The van der Waals surface area contributed by atoms with Crippen LogP contribution in [0, 0.1) is 6.92 Å². The van der Waals surface area contributed by atoms with E-state index < -0.39 is 0 Å². The van der Waals surface area contributed by atoms with E-state index in [0.717, 1.165) is 16.8 Å². The van der Waals surface area contributed by atoms with E-state index in [0.29, 0.717) is 9.23 Å². The first-order chi connectivity index (χ1) is 14.1. The Hall–Kier alpha value is -2.44. The van der Waals surface area contributed by atoms with Gasteiger partial charge in [0.05, 0.1) is 4.91 Å². The van der Waals surface area contributed by atoms with Crippen molar-refractivity contribution < 1.29 is 9.59 Å². The molecule has 156 valence electrons. The number of aryl methyl sites for hydroxylation is 1. The molecule has 4 nitrogen and oxygen atoms in total. The predicted octanol–water partition coefficient (Wildman–Crippen LogP) is 5.52.